The molecule has 0 atom stereocenters. The Balaban J connectivity index is 3.58. The van der Waals surface area contributed by atoms with Crippen molar-refractivity contribution in [3.05, 3.63) is 27.7 Å². The molecule has 0 fully saturated rings. The standard InChI is InChI=1S/C13H15Cl2NO6S/c1-3-4-16(7-11(17)18)23(20,21)12-9(13(19)22-2)5-8(14)6-10(12)15/h5-6H,3-4,7H2,1-2H3,(H,17,18). The van der Waals surface area contributed by atoms with Crippen LogP contribution in [-0.4, -0.2) is 50.0 Å². The molecule has 1 aromatic rings. The first-order chi connectivity index (χ1) is 10.6. The molecule has 0 aliphatic carbocycles. The van der Waals surface area contributed by atoms with E-state index in [9.17, 15) is 18.0 Å². The minimum Gasteiger partial charge on any atom is -0.480 e. The van der Waals surface area contributed by atoms with Crippen molar-refractivity contribution in [2.75, 3.05) is 20.2 Å². The van der Waals surface area contributed by atoms with E-state index in [1.54, 1.807) is 6.92 Å². The van der Waals surface area contributed by atoms with Gasteiger partial charge in [-0.05, 0) is 18.6 Å². The summed E-state index contributed by atoms with van der Waals surface area (Å²) in [4.78, 5) is 22.3. The number of halogens is 2. The lowest BCUT2D eigenvalue weighted by Crippen LogP contribution is -2.37. The Hall–Kier alpha value is -1.35. The Morgan fingerprint density at radius 1 is 1.30 bits per heavy atom. The lowest BCUT2D eigenvalue weighted by Gasteiger charge is -2.21. The third kappa shape index (κ3) is 4.57. The van der Waals surface area contributed by atoms with Gasteiger partial charge in [0.2, 0.25) is 10.0 Å². The van der Waals surface area contributed by atoms with E-state index in [2.05, 4.69) is 4.74 Å². The summed E-state index contributed by atoms with van der Waals surface area (Å²) in [6, 6.07) is 2.27. The van der Waals surface area contributed by atoms with Gasteiger partial charge in [-0.15, -0.1) is 0 Å². The fraction of sp³-hybridized carbons (Fsp3) is 0.385. The van der Waals surface area contributed by atoms with Crippen molar-refractivity contribution in [2.24, 2.45) is 0 Å². The summed E-state index contributed by atoms with van der Waals surface area (Å²) in [6.45, 7) is 0.888. The lowest BCUT2D eigenvalue weighted by molar-refractivity contribution is -0.137. The molecule has 0 amide bonds. The molecule has 0 heterocycles. The van der Waals surface area contributed by atoms with Crippen LogP contribution in [-0.2, 0) is 19.6 Å². The predicted molar refractivity (Wildman–Crippen MR) is 84.5 cm³/mol. The van der Waals surface area contributed by atoms with Crippen LogP contribution in [0.3, 0.4) is 0 Å². The highest BCUT2D eigenvalue weighted by Crippen LogP contribution is 2.32. The molecule has 0 aliphatic rings. The number of hydrogen-bond acceptors (Lipinski definition) is 5. The second kappa shape index (κ2) is 7.96. The number of carboxylic acids is 1. The smallest absolute Gasteiger partial charge is 0.339 e. The van der Waals surface area contributed by atoms with E-state index < -0.39 is 33.4 Å². The molecule has 10 heteroatoms. The summed E-state index contributed by atoms with van der Waals surface area (Å²) in [6.07, 6.45) is 0.380. The zero-order valence-electron chi connectivity index (χ0n) is 12.4. The van der Waals surface area contributed by atoms with Crippen molar-refractivity contribution in [3.8, 4) is 0 Å². The number of carboxylic acid groups (broad SMARTS) is 1. The van der Waals surface area contributed by atoms with Gasteiger partial charge in [0.1, 0.15) is 11.4 Å². The van der Waals surface area contributed by atoms with Gasteiger partial charge in [0.15, 0.2) is 0 Å². The van der Waals surface area contributed by atoms with Crippen molar-refractivity contribution in [2.45, 2.75) is 18.2 Å². The maximum atomic E-state index is 12.8. The van der Waals surface area contributed by atoms with Gasteiger partial charge in [-0.2, -0.15) is 4.31 Å². The second-order valence-corrected chi connectivity index (χ2v) is 7.21. The van der Waals surface area contributed by atoms with Crippen LogP contribution in [0, 0.1) is 0 Å². The quantitative estimate of drug-likeness (QED) is 0.724. The van der Waals surface area contributed by atoms with Gasteiger partial charge in [-0.3, -0.25) is 4.79 Å². The predicted octanol–water partition coefficient (Wildman–Crippen LogP) is 2.27. The summed E-state index contributed by atoms with van der Waals surface area (Å²) in [5.41, 5.74) is -0.350. The summed E-state index contributed by atoms with van der Waals surface area (Å²) in [7, 11) is -3.25. The van der Waals surface area contributed by atoms with Crippen LogP contribution in [0.4, 0.5) is 0 Å². The van der Waals surface area contributed by atoms with Gasteiger partial charge >= 0.3 is 11.9 Å². The molecule has 0 radical (unpaired) electrons. The van der Waals surface area contributed by atoms with Crippen molar-refractivity contribution in [1.29, 1.82) is 0 Å². The molecular formula is C13H15Cl2NO6S. The van der Waals surface area contributed by atoms with Crippen LogP contribution in [0.5, 0.6) is 0 Å². The summed E-state index contributed by atoms with van der Waals surface area (Å²) in [5.74, 6) is -2.27. The van der Waals surface area contributed by atoms with Crippen LogP contribution in [0.1, 0.15) is 23.7 Å². The van der Waals surface area contributed by atoms with Crippen LogP contribution in [0.25, 0.3) is 0 Å². The number of esters is 1. The van der Waals surface area contributed by atoms with E-state index >= 15 is 0 Å². The molecule has 0 spiro atoms. The molecule has 0 aromatic heterocycles. The van der Waals surface area contributed by atoms with Crippen molar-refractivity contribution < 1.29 is 27.9 Å². The van der Waals surface area contributed by atoms with E-state index in [4.69, 9.17) is 28.3 Å². The highest BCUT2D eigenvalue weighted by atomic mass is 35.5. The van der Waals surface area contributed by atoms with Crippen LogP contribution < -0.4 is 0 Å². The number of rotatable bonds is 7. The molecule has 1 aromatic carbocycles. The molecule has 23 heavy (non-hydrogen) atoms. The van der Waals surface area contributed by atoms with Crippen LogP contribution in [0.2, 0.25) is 10.0 Å². The van der Waals surface area contributed by atoms with E-state index in [1.807, 2.05) is 0 Å². The van der Waals surface area contributed by atoms with E-state index in [0.29, 0.717) is 6.42 Å². The molecule has 128 valence electrons. The molecule has 7 nitrogen and oxygen atoms in total. The zero-order valence-corrected chi connectivity index (χ0v) is 14.7. The first-order valence-electron chi connectivity index (χ1n) is 6.44. The maximum Gasteiger partial charge on any atom is 0.339 e. The van der Waals surface area contributed by atoms with Crippen molar-refractivity contribution >= 4 is 45.2 Å². The number of aliphatic carboxylic acids is 1. The van der Waals surface area contributed by atoms with Gasteiger partial charge in [-0.25, -0.2) is 13.2 Å². The monoisotopic (exact) mass is 383 g/mol. The third-order valence-electron chi connectivity index (χ3n) is 2.80. The van der Waals surface area contributed by atoms with Gasteiger partial charge in [0.25, 0.3) is 0 Å². The third-order valence-corrected chi connectivity index (χ3v) is 5.37. The highest BCUT2D eigenvalue weighted by molar-refractivity contribution is 7.89. The molecular weight excluding hydrogens is 369 g/mol. The number of sulfonamides is 1. The Bertz CT molecular complexity index is 719. The van der Waals surface area contributed by atoms with Crippen molar-refractivity contribution in [3.63, 3.8) is 0 Å². The Kier molecular flexibility index (Phi) is 6.82. The van der Waals surface area contributed by atoms with Crippen LogP contribution >= 0.6 is 23.2 Å². The number of hydrogen-bond donors (Lipinski definition) is 1. The van der Waals surface area contributed by atoms with Gasteiger partial charge in [0, 0.05) is 11.6 Å². The average molecular weight is 384 g/mol. The van der Waals surface area contributed by atoms with Gasteiger partial charge < -0.3 is 9.84 Å². The zero-order chi connectivity index (χ0) is 17.8. The second-order valence-electron chi connectivity index (χ2n) is 4.49. The molecule has 0 aliphatic heterocycles. The topological polar surface area (TPSA) is 101 Å². The molecule has 0 unspecified atom stereocenters. The minimum absolute atomic E-state index is 0.0474. The Morgan fingerprint density at radius 3 is 2.39 bits per heavy atom. The SMILES string of the molecule is CCCN(CC(=O)O)S(=O)(=O)c1c(Cl)cc(Cl)cc1C(=O)OC. The largest absolute Gasteiger partial charge is 0.480 e. The first-order valence-corrected chi connectivity index (χ1v) is 8.64. The highest BCUT2D eigenvalue weighted by Gasteiger charge is 2.33. The summed E-state index contributed by atoms with van der Waals surface area (Å²) < 4.78 is 30.8. The number of benzene rings is 1. The lowest BCUT2D eigenvalue weighted by atomic mass is 10.2. The summed E-state index contributed by atoms with van der Waals surface area (Å²) >= 11 is 11.8. The van der Waals surface area contributed by atoms with Gasteiger partial charge in [-0.1, -0.05) is 30.1 Å². The first kappa shape index (κ1) is 19.7. The van der Waals surface area contributed by atoms with Crippen molar-refractivity contribution in [1.82, 2.24) is 4.31 Å². The fourth-order valence-corrected chi connectivity index (χ4v) is 4.37. The Morgan fingerprint density at radius 2 is 1.91 bits per heavy atom. The minimum atomic E-state index is -4.33. The number of nitrogens with zero attached hydrogens (tertiary/aromatic N) is 1. The normalized spacial score (nSPS) is 11.5. The van der Waals surface area contributed by atoms with E-state index in [1.165, 1.54) is 0 Å². The Labute approximate surface area is 143 Å². The number of ether oxygens (including phenoxy) is 1. The maximum absolute atomic E-state index is 12.8. The molecule has 1 rings (SSSR count). The van der Waals surface area contributed by atoms with E-state index in [-0.39, 0.29) is 22.2 Å². The fourth-order valence-electron chi connectivity index (χ4n) is 1.90. The van der Waals surface area contributed by atoms with Gasteiger partial charge in [0.05, 0.1) is 17.7 Å². The molecule has 0 saturated heterocycles. The van der Waals surface area contributed by atoms with Crippen LogP contribution in [0.15, 0.2) is 17.0 Å². The molecule has 1 N–H and O–H groups in total. The average Bonchev–Trinajstić information content (AvgIpc) is 2.44. The number of methoxy groups -OCH3 is 1. The summed E-state index contributed by atoms with van der Waals surface area (Å²) in [5, 5.41) is 8.67. The molecule has 0 saturated carbocycles. The number of carbonyl (C=O) groups is 2. The molecule has 0 bridgehead atoms. The number of carbonyl (C=O) groups excluding carboxylic acids is 1. The van der Waals surface area contributed by atoms with E-state index in [0.717, 1.165) is 23.5 Å².